The number of ether oxygens (including phenoxy) is 1. The Bertz CT molecular complexity index is 765. The highest BCUT2D eigenvalue weighted by Crippen LogP contribution is 2.15. The molecule has 0 aliphatic heterocycles. The van der Waals surface area contributed by atoms with Crippen LogP contribution in [0.1, 0.15) is 30.9 Å². The van der Waals surface area contributed by atoms with Gasteiger partial charge in [-0.2, -0.15) is 0 Å². The highest BCUT2D eigenvalue weighted by molar-refractivity contribution is 6.30. The molecule has 2 aromatic rings. The molecule has 2 amide bonds. The molecule has 29 heavy (non-hydrogen) atoms. The molecule has 0 heterocycles. The normalized spacial score (nSPS) is 11.7. The minimum atomic E-state index is -0.573. The van der Waals surface area contributed by atoms with Gasteiger partial charge in [0.2, 0.25) is 11.8 Å². The van der Waals surface area contributed by atoms with E-state index in [4.69, 9.17) is 16.3 Å². The van der Waals surface area contributed by atoms with E-state index in [2.05, 4.69) is 5.32 Å². The van der Waals surface area contributed by atoms with Crippen molar-refractivity contribution in [1.82, 2.24) is 10.2 Å². The highest BCUT2D eigenvalue weighted by atomic mass is 35.5. The lowest BCUT2D eigenvalue weighted by Gasteiger charge is -2.29. The van der Waals surface area contributed by atoms with Crippen LogP contribution in [0.4, 0.5) is 0 Å². The fourth-order valence-corrected chi connectivity index (χ4v) is 3.11. The number of hydrogen-bond donors (Lipinski definition) is 1. The van der Waals surface area contributed by atoms with E-state index in [1.165, 1.54) is 0 Å². The fourth-order valence-electron chi connectivity index (χ4n) is 2.98. The Morgan fingerprint density at radius 1 is 1.07 bits per heavy atom. The smallest absolute Gasteiger partial charge is 0.242 e. The van der Waals surface area contributed by atoms with Crippen LogP contribution in [0, 0.1) is 0 Å². The monoisotopic (exact) mass is 416 g/mol. The van der Waals surface area contributed by atoms with Crippen LogP contribution >= 0.6 is 11.6 Å². The molecule has 6 heteroatoms. The molecule has 0 spiro atoms. The van der Waals surface area contributed by atoms with Gasteiger partial charge in [-0.1, -0.05) is 54.1 Å². The van der Waals surface area contributed by atoms with E-state index in [-0.39, 0.29) is 11.8 Å². The Labute approximate surface area is 178 Å². The summed E-state index contributed by atoms with van der Waals surface area (Å²) in [6.45, 7) is 3.22. The fraction of sp³-hybridized carbons (Fsp3) is 0.391. The van der Waals surface area contributed by atoms with Crippen LogP contribution in [0.15, 0.2) is 54.6 Å². The van der Waals surface area contributed by atoms with Crippen molar-refractivity contribution >= 4 is 23.4 Å². The molecule has 0 radical (unpaired) electrons. The first-order valence-electron chi connectivity index (χ1n) is 9.85. The van der Waals surface area contributed by atoms with Gasteiger partial charge in [-0.15, -0.1) is 0 Å². The summed E-state index contributed by atoms with van der Waals surface area (Å²) in [7, 11) is 1.63. The van der Waals surface area contributed by atoms with Crippen molar-refractivity contribution in [3.63, 3.8) is 0 Å². The molecule has 0 fully saturated rings. The predicted octanol–water partition coefficient (Wildman–Crippen LogP) is 3.84. The number of nitrogens with one attached hydrogen (secondary N) is 1. The SMILES string of the molecule is COCCCNC(=O)C(C)N(Cc1ccc(Cl)cc1)C(=O)CCc1ccccc1. The third-order valence-electron chi connectivity index (χ3n) is 4.73. The van der Waals surface area contributed by atoms with Gasteiger partial charge in [-0.05, 0) is 43.0 Å². The van der Waals surface area contributed by atoms with E-state index in [1.807, 2.05) is 42.5 Å². The number of amides is 2. The molecule has 1 N–H and O–H groups in total. The zero-order valence-corrected chi connectivity index (χ0v) is 17.8. The number of methoxy groups -OCH3 is 1. The average molecular weight is 417 g/mol. The van der Waals surface area contributed by atoms with Crippen LogP contribution in [0.25, 0.3) is 0 Å². The standard InChI is InChI=1S/C23H29ClN2O3/c1-18(23(28)25-15-6-16-29-2)26(17-20-9-12-21(24)13-10-20)22(27)14-11-19-7-4-3-5-8-19/h3-5,7-10,12-13,18H,6,11,14-17H2,1-2H3,(H,25,28). The maximum absolute atomic E-state index is 13.0. The molecule has 2 rings (SSSR count). The predicted molar refractivity (Wildman–Crippen MR) is 116 cm³/mol. The molecule has 2 aromatic carbocycles. The Morgan fingerprint density at radius 3 is 2.41 bits per heavy atom. The maximum atomic E-state index is 13.0. The van der Waals surface area contributed by atoms with Crippen LogP contribution in [0.2, 0.25) is 5.02 Å². The van der Waals surface area contributed by atoms with Gasteiger partial charge in [0.25, 0.3) is 0 Å². The summed E-state index contributed by atoms with van der Waals surface area (Å²) in [5.41, 5.74) is 2.03. The Kier molecular flexibility index (Phi) is 9.68. The number of hydrogen-bond acceptors (Lipinski definition) is 3. The summed E-state index contributed by atoms with van der Waals surface area (Å²) >= 11 is 5.97. The van der Waals surface area contributed by atoms with Crippen LogP contribution in [-0.2, 0) is 27.3 Å². The number of carbonyl (C=O) groups excluding carboxylic acids is 2. The first-order chi connectivity index (χ1) is 14.0. The largest absolute Gasteiger partial charge is 0.385 e. The molecule has 0 aliphatic rings. The van der Waals surface area contributed by atoms with E-state index in [9.17, 15) is 9.59 Å². The number of nitrogens with zero attached hydrogens (tertiary/aromatic N) is 1. The van der Waals surface area contributed by atoms with Gasteiger partial charge in [-0.25, -0.2) is 0 Å². The average Bonchev–Trinajstić information content (AvgIpc) is 2.74. The zero-order chi connectivity index (χ0) is 21.1. The van der Waals surface area contributed by atoms with Gasteiger partial charge in [0, 0.05) is 38.2 Å². The van der Waals surface area contributed by atoms with Crippen molar-refractivity contribution in [2.45, 2.75) is 38.8 Å². The van der Waals surface area contributed by atoms with Crippen LogP contribution in [0.5, 0.6) is 0 Å². The second-order valence-corrected chi connectivity index (χ2v) is 7.38. The minimum absolute atomic E-state index is 0.0525. The second kappa shape index (κ2) is 12.2. The molecule has 1 atom stereocenters. The van der Waals surface area contributed by atoms with Crippen LogP contribution < -0.4 is 5.32 Å². The molecule has 1 unspecified atom stereocenters. The number of rotatable bonds is 11. The van der Waals surface area contributed by atoms with Crippen molar-refractivity contribution in [2.24, 2.45) is 0 Å². The van der Waals surface area contributed by atoms with Crippen molar-refractivity contribution < 1.29 is 14.3 Å². The van der Waals surface area contributed by atoms with E-state index < -0.39 is 6.04 Å². The lowest BCUT2D eigenvalue weighted by molar-refractivity contribution is -0.140. The summed E-state index contributed by atoms with van der Waals surface area (Å²) in [5.74, 6) is -0.216. The summed E-state index contributed by atoms with van der Waals surface area (Å²) < 4.78 is 5.01. The van der Waals surface area contributed by atoms with Crippen molar-refractivity contribution in [3.05, 3.63) is 70.7 Å². The number of halogens is 1. The molecular weight excluding hydrogens is 388 g/mol. The number of aryl methyl sites for hydroxylation is 1. The van der Waals surface area contributed by atoms with E-state index in [0.29, 0.717) is 37.6 Å². The summed E-state index contributed by atoms with van der Waals surface area (Å²) in [6.07, 6.45) is 1.71. The summed E-state index contributed by atoms with van der Waals surface area (Å²) in [5, 5.41) is 3.53. The molecule has 5 nitrogen and oxygen atoms in total. The van der Waals surface area contributed by atoms with Gasteiger partial charge >= 0.3 is 0 Å². The molecule has 0 bridgehead atoms. The Hall–Kier alpha value is -2.37. The van der Waals surface area contributed by atoms with E-state index >= 15 is 0 Å². The lowest BCUT2D eigenvalue weighted by atomic mass is 10.1. The van der Waals surface area contributed by atoms with Gasteiger partial charge in [-0.3, -0.25) is 9.59 Å². The minimum Gasteiger partial charge on any atom is -0.385 e. The topological polar surface area (TPSA) is 58.6 Å². The molecule has 0 aliphatic carbocycles. The second-order valence-electron chi connectivity index (χ2n) is 6.95. The van der Waals surface area contributed by atoms with Gasteiger partial charge in [0.15, 0.2) is 0 Å². The van der Waals surface area contributed by atoms with E-state index in [0.717, 1.165) is 17.5 Å². The molecular formula is C23H29ClN2O3. The number of benzene rings is 2. The van der Waals surface area contributed by atoms with Crippen molar-refractivity contribution in [3.8, 4) is 0 Å². The third-order valence-corrected chi connectivity index (χ3v) is 4.98. The van der Waals surface area contributed by atoms with E-state index in [1.54, 1.807) is 31.1 Å². The lowest BCUT2D eigenvalue weighted by Crippen LogP contribution is -2.48. The molecule has 0 saturated heterocycles. The molecule has 156 valence electrons. The van der Waals surface area contributed by atoms with Crippen LogP contribution in [0.3, 0.4) is 0 Å². The van der Waals surface area contributed by atoms with Crippen molar-refractivity contribution in [2.75, 3.05) is 20.3 Å². The van der Waals surface area contributed by atoms with Gasteiger partial charge in [0.05, 0.1) is 0 Å². The quantitative estimate of drug-likeness (QED) is 0.566. The zero-order valence-electron chi connectivity index (χ0n) is 17.1. The first-order valence-corrected chi connectivity index (χ1v) is 10.2. The Balaban J connectivity index is 2.05. The number of carbonyl (C=O) groups is 2. The first kappa shape index (κ1) is 22.9. The summed E-state index contributed by atoms with van der Waals surface area (Å²) in [4.78, 5) is 27.3. The summed E-state index contributed by atoms with van der Waals surface area (Å²) in [6, 6.07) is 16.6. The maximum Gasteiger partial charge on any atom is 0.242 e. The van der Waals surface area contributed by atoms with Gasteiger partial charge in [0.1, 0.15) is 6.04 Å². The molecule has 0 saturated carbocycles. The Morgan fingerprint density at radius 2 is 1.76 bits per heavy atom. The van der Waals surface area contributed by atoms with Gasteiger partial charge < -0.3 is 15.0 Å². The highest BCUT2D eigenvalue weighted by Gasteiger charge is 2.25. The van der Waals surface area contributed by atoms with Crippen LogP contribution in [-0.4, -0.2) is 43.0 Å². The third kappa shape index (κ3) is 7.87. The van der Waals surface area contributed by atoms with Crippen molar-refractivity contribution in [1.29, 1.82) is 0 Å². The molecule has 0 aromatic heterocycles.